The van der Waals surface area contributed by atoms with Gasteiger partial charge in [-0.3, -0.25) is 14.5 Å². The number of piperidine rings is 1. The Balaban J connectivity index is 1.42. The third kappa shape index (κ3) is 5.96. The Bertz CT molecular complexity index is 830. The molecule has 0 aliphatic carbocycles. The van der Waals surface area contributed by atoms with Crippen molar-refractivity contribution in [2.24, 2.45) is 0 Å². The van der Waals surface area contributed by atoms with Crippen LogP contribution < -0.4 is 20.1 Å². The van der Waals surface area contributed by atoms with Gasteiger partial charge in [-0.15, -0.1) is 0 Å². The summed E-state index contributed by atoms with van der Waals surface area (Å²) in [6.07, 6.45) is 1.63. The van der Waals surface area contributed by atoms with Gasteiger partial charge in [-0.1, -0.05) is 6.07 Å². The summed E-state index contributed by atoms with van der Waals surface area (Å²) in [5, 5.41) is 5.98. The zero-order chi connectivity index (χ0) is 20.6. The van der Waals surface area contributed by atoms with Crippen molar-refractivity contribution in [3.8, 4) is 11.5 Å². The van der Waals surface area contributed by atoms with Crippen LogP contribution in [0.2, 0.25) is 0 Å². The average Bonchev–Trinajstić information content (AvgIpc) is 2.75. The molecule has 1 aliphatic rings. The van der Waals surface area contributed by atoms with Gasteiger partial charge >= 0.3 is 0 Å². The number of methoxy groups -OCH3 is 2. The lowest BCUT2D eigenvalue weighted by molar-refractivity contribution is -0.117. The highest BCUT2D eigenvalue weighted by Gasteiger charge is 2.22. The second kappa shape index (κ2) is 9.93. The van der Waals surface area contributed by atoms with Gasteiger partial charge in [0, 0.05) is 36.4 Å². The first-order valence-corrected chi connectivity index (χ1v) is 9.68. The molecule has 154 valence electrons. The number of nitrogens with one attached hydrogen (secondary N) is 2. The summed E-state index contributed by atoms with van der Waals surface area (Å²) >= 11 is 0. The molecule has 0 spiro atoms. The summed E-state index contributed by atoms with van der Waals surface area (Å²) in [6.45, 7) is 1.86. The van der Waals surface area contributed by atoms with E-state index in [9.17, 15) is 9.59 Å². The van der Waals surface area contributed by atoms with E-state index in [0.717, 1.165) is 37.4 Å². The van der Waals surface area contributed by atoms with E-state index in [4.69, 9.17) is 9.47 Å². The van der Waals surface area contributed by atoms with Crippen LogP contribution >= 0.6 is 0 Å². The minimum Gasteiger partial charge on any atom is -0.497 e. The molecule has 0 aromatic heterocycles. The Labute approximate surface area is 171 Å². The van der Waals surface area contributed by atoms with Gasteiger partial charge in [0.1, 0.15) is 11.5 Å². The van der Waals surface area contributed by atoms with Gasteiger partial charge in [0.15, 0.2) is 0 Å². The second-order valence-corrected chi connectivity index (χ2v) is 7.03. The van der Waals surface area contributed by atoms with Gasteiger partial charge in [0.2, 0.25) is 5.91 Å². The maximum absolute atomic E-state index is 12.4. The van der Waals surface area contributed by atoms with E-state index in [2.05, 4.69) is 15.5 Å². The van der Waals surface area contributed by atoms with Crippen LogP contribution in [0.5, 0.6) is 11.5 Å². The van der Waals surface area contributed by atoms with Crippen LogP contribution in [0.3, 0.4) is 0 Å². The lowest BCUT2D eigenvalue weighted by Gasteiger charge is -2.31. The Morgan fingerprint density at radius 2 is 1.69 bits per heavy atom. The highest BCUT2D eigenvalue weighted by Crippen LogP contribution is 2.17. The zero-order valence-electron chi connectivity index (χ0n) is 16.8. The zero-order valence-corrected chi connectivity index (χ0v) is 16.8. The van der Waals surface area contributed by atoms with E-state index >= 15 is 0 Å². The van der Waals surface area contributed by atoms with Gasteiger partial charge in [-0.05, 0) is 49.2 Å². The Kier molecular flexibility index (Phi) is 7.08. The van der Waals surface area contributed by atoms with E-state index in [1.165, 1.54) is 0 Å². The second-order valence-electron chi connectivity index (χ2n) is 7.03. The maximum atomic E-state index is 12.4. The molecule has 0 atom stereocenters. The van der Waals surface area contributed by atoms with E-state index in [0.29, 0.717) is 17.9 Å². The van der Waals surface area contributed by atoms with Gasteiger partial charge in [-0.25, -0.2) is 0 Å². The number of carbonyl (C=O) groups is 2. The van der Waals surface area contributed by atoms with Crippen molar-refractivity contribution in [1.29, 1.82) is 0 Å². The fourth-order valence-corrected chi connectivity index (χ4v) is 3.35. The predicted molar refractivity (Wildman–Crippen MR) is 112 cm³/mol. The third-order valence-electron chi connectivity index (χ3n) is 5.00. The minimum atomic E-state index is -0.0816. The lowest BCUT2D eigenvalue weighted by atomic mass is 10.0. The van der Waals surface area contributed by atoms with Crippen molar-refractivity contribution >= 4 is 17.5 Å². The highest BCUT2D eigenvalue weighted by molar-refractivity contribution is 5.94. The van der Waals surface area contributed by atoms with Gasteiger partial charge < -0.3 is 20.1 Å². The first kappa shape index (κ1) is 20.7. The number of carbonyl (C=O) groups excluding carboxylic acids is 2. The summed E-state index contributed by atoms with van der Waals surface area (Å²) in [5.74, 6) is 1.29. The van der Waals surface area contributed by atoms with Crippen molar-refractivity contribution in [3.63, 3.8) is 0 Å². The van der Waals surface area contributed by atoms with Crippen molar-refractivity contribution in [1.82, 2.24) is 10.2 Å². The number of ether oxygens (including phenoxy) is 2. The molecule has 2 N–H and O–H groups in total. The number of anilines is 1. The Morgan fingerprint density at radius 1 is 1.00 bits per heavy atom. The first-order valence-electron chi connectivity index (χ1n) is 9.68. The number of hydrogen-bond acceptors (Lipinski definition) is 5. The molecular formula is C22H27N3O4. The number of rotatable bonds is 7. The van der Waals surface area contributed by atoms with Gasteiger partial charge in [-0.2, -0.15) is 0 Å². The molecular weight excluding hydrogens is 370 g/mol. The summed E-state index contributed by atoms with van der Waals surface area (Å²) < 4.78 is 10.3. The fraction of sp³-hybridized carbons (Fsp3) is 0.364. The van der Waals surface area contributed by atoms with Gasteiger partial charge in [0.25, 0.3) is 5.91 Å². The molecule has 1 saturated heterocycles. The normalized spacial score (nSPS) is 14.8. The molecule has 1 heterocycles. The first-order chi connectivity index (χ1) is 14.1. The average molecular weight is 397 g/mol. The van der Waals surface area contributed by atoms with Crippen LogP contribution in [0.1, 0.15) is 23.2 Å². The lowest BCUT2D eigenvalue weighted by Crippen LogP contribution is -2.46. The molecule has 0 saturated carbocycles. The molecule has 2 aromatic carbocycles. The van der Waals surface area contributed by atoms with Crippen molar-refractivity contribution in [2.45, 2.75) is 18.9 Å². The van der Waals surface area contributed by atoms with Crippen LogP contribution in [-0.2, 0) is 4.79 Å². The molecule has 0 unspecified atom stereocenters. The van der Waals surface area contributed by atoms with E-state index < -0.39 is 0 Å². The Morgan fingerprint density at radius 3 is 2.34 bits per heavy atom. The summed E-state index contributed by atoms with van der Waals surface area (Å²) in [6, 6.07) is 14.5. The van der Waals surface area contributed by atoms with Crippen LogP contribution in [0.25, 0.3) is 0 Å². The van der Waals surface area contributed by atoms with E-state index in [1.807, 2.05) is 18.2 Å². The van der Waals surface area contributed by atoms with Crippen LogP contribution in [0, 0.1) is 0 Å². The Hall–Kier alpha value is -3.06. The van der Waals surface area contributed by atoms with Crippen molar-refractivity contribution in [3.05, 3.63) is 54.1 Å². The van der Waals surface area contributed by atoms with E-state index in [-0.39, 0.29) is 17.9 Å². The molecule has 2 amide bonds. The molecule has 29 heavy (non-hydrogen) atoms. The SMILES string of the molecule is COc1ccc(C(=O)NC2CCN(CC(=O)Nc3cccc(OC)c3)CC2)cc1. The van der Waals surface area contributed by atoms with Crippen LogP contribution in [0.15, 0.2) is 48.5 Å². The molecule has 0 bridgehead atoms. The quantitative estimate of drug-likeness (QED) is 0.751. The highest BCUT2D eigenvalue weighted by atomic mass is 16.5. The fourth-order valence-electron chi connectivity index (χ4n) is 3.35. The largest absolute Gasteiger partial charge is 0.497 e. The topological polar surface area (TPSA) is 79.9 Å². The summed E-state index contributed by atoms with van der Waals surface area (Å²) in [7, 11) is 3.19. The summed E-state index contributed by atoms with van der Waals surface area (Å²) in [5.41, 5.74) is 1.34. The van der Waals surface area contributed by atoms with E-state index in [1.54, 1.807) is 44.6 Å². The monoisotopic (exact) mass is 397 g/mol. The number of nitrogens with zero attached hydrogens (tertiary/aromatic N) is 1. The molecule has 3 rings (SSSR count). The smallest absolute Gasteiger partial charge is 0.251 e. The number of hydrogen-bond donors (Lipinski definition) is 2. The number of amides is 2. The molecule has 1 aliphatic heterocycles. The van der Waals surface area contributed by atoms with Gasteiger partial charge in [0.05, 0.1) is 20.8 Å². The molecule has 7 nitrogen and oxygen atoms in total. The number of benzene rings is 2. The van der Waals surface area contributed by atoms with Crippen LogP contribution in [0.4, 0.5) is 5.69 Å². The van der Waals surface area contributed by atoms with Crippen molar-refractivity contribution in [2.75, 3.05) is 39.2 Å². The maximum Gasteiger partial charge on any atom is 0.251 e. The third-order valence-corrected chi connectivity index (χ3v) is 5.00. The minimum absolute atomic E-state index is 0.0565. The molecule has 1 fully saturated rings. The predicted octanol–water partition coefficient (Wildman–Crippen LogP) is 2.54. The number of likely N-dealkylation sites (tertiary alicyclic amines) is 1. The molecule has 2 aromatic rings. The molecule has 7 heteroatoms. The summed E-state index contributed by atoms with van der Waals surface area (Å²) in [4.78, 5) is 26.8. The molecule has 0 radical (unpaired) electrons. The standard InChI is InChI=1S/C22H27N3O4/c1-28-19-8-6-16(7-9-19)22(27)24-17-10-12-25(13-11-17)15-21(26)23-18-4-3-5-20(14-18)29-2/h3-9,14,17H,10-13,15H2,1-2H3,(H,23,26)(H,24,27). The van der Waals surface area contributed by atoms with Crippen molar-refractivity contribution < 1.29 is 19.1 Å². The van der Waals surface area contributed by atoms with Crippen LogP contribution in [-0.4, -0.2) is 56.6 Å².